The zero-order chi connectivity index (χ0) is 15.5. The van der Waals surface area contributed by atoms with E-state index in [-0.39, 0.29) is 0 Å². The highest BCUT2D eigenvalue weighted by molar-refractivity contribution is 5.27. The van der Waals surface area contributed by atoms with Crippen molar-refractivity contribution < 1.29 is 9.47 Å². The molecule has 120 valence electrons. The van der Waals surface area contributed by atoms with Crippen LogP contribution in [0.4, 0.5) is 0 Å². The first kappa shape index (κ1) is 18.0. The molecule has 21 heavy (non-hydrogen) atoms. The first-order valence-electron chi connectivity index (χ1n) is 8.23. The highest BCUT2D eigenvalue weighted by atomic mass is 16.5. The molecule has 3 nitrogen and oxygen atoms in total. The maximum absolute atomic E-state index is 5.89. The predicted octanol–water partition coefficient (Wildman–Crippen LogP) is 3.81. The van der Waals surface area contributed by atoms with Gasteiger partial charge in [0.1, 0.15) is 5.75 Å². The van der Waals surface area contributed by atoms with Crippen LogP contribution in [0.15, 0.2) is 24.3 Å². The number of hydrogen-bond acceptors (Lipinski definition) is 3. The van der Waals surface area contributed by atoms with Gasteiger partial charge in [-0.05, 0) is 56.8 Å². The molecule has 0 bridgehead atoms. The monoisotopic (exact) mass is 293 g/mol. The Morgan fingerprint density at radius 1 is 1.10 bits per heavy atom. The molecule has 1 rings (SSSR count). The van der Waals surface area contributed by atoms with Gasteiger partial charge in [-0.25, -0.2) is 0 Å². The van der Waals surface area contributed by atoms with Crippen molar-refractivity contribution in [3.05, 3.63) is 29.8 Å². The van der Waals surface area contributed by atoms with Crippen molar-refractivity contribution in [2.24, 2.45) is 0 Å². The van der Waals surface area contributed by atoms with Gasteiger partial charge in [0.05, 0.1) is 13.2 Å². The molecule has 2 unspecified atom stereocenters. The molecule has 0 spiro atoms. The van der Waals surface area contributed by atoms with Crippen molar-refractivity contribution >= 4 is 0 Å². The number of ether oxygens (including phenoxy) is 2. The maximum atomic E-state index is 5.89. The highest BCUT2D eigenvalue weighted by Crippen LogP contribution is 2.16. The highest BCUT2D eigenvalue weighted by Gasteiger charge is 2.19. The Kier molecular flexibility index (Phi) is 9.11. The molecule has 0 amide bonds. The van der Waals surface area contributed by atoms with Crippen LogP contribution in [-0.4, -0.2) is 32.4 Å². The van der Waals surface area contributed by atoms with E-state index in [1.165, 1.54) is 5.56 Å². The van der Waals surface area contributed by atoms with Crippen molar-refractivity contribution in [3.8, 4) is 5.75 Å². The lowest BCUT2D eigenvalue weighted by molar-refractivity contribution is 0.0298. The van der Waals surface area contributed by atoms with Crippen molar-refractivity contribution in [1.82, 2.24) is 5.32 Å². The van der Waals surface area contributed by atoms with Crippen molar-refractivity contribution in [2.75, 3.05) is 20.3 Å². The zero-order valence-electron chi connectivity index (χ0n) is 14.0. The smallest absolute Gasteiger partial charge is 0.118 e. The Balaban J connectivity index is 2.57. The molecule has 0 aliphatic carbocycles. The number of benzene rings is 1. The van der Waals surface area contributed by atoms with E-state index in [1.54, 1.807) is 7.11 Å². The molecule has 0 fully saturated rings. The summed E-state index contributed by atoms with van der Waals surface area (Å²) >= 11 is 0. The lowest BCUT2D eigenvalue weighted by atomic mass is 9.99. The molecule has 0 saturated carbocycles. The summed E-state index contributed by atoms with van der Waals surface area (Å²) in [5.74, 6) is 0.917. The molecule has 0 saturated heterocycles. The molecule has 0 aliphatic rings. The topological polar surface area (TPSA) is 30.5 Å². The molecule has 0 aromatic heterocycles. The van der Waals surface area contributed by atoms with E-state index in [2.05, 4.69) is 38.2 Å². The fourth-order valence-corrected chi connectivity index (χ4v) is 2.60. The van der Waals surface area contributed by atoms with Crippen LogP contribution in [-0.2, 0) is 11.2 Å². The second-order valence-corrected chi connectivity index (χ2v) is 5.35. The number of rotatable bonds is 11. The standard InChI is InChI=1S/C18H31NO2/c1-5-14-19-17(18(6-2)21-7-3)13-10-15-8-11-16(20-4)12-9-15/h8-9,11-12,17-19H,5-7,10,13-14H2,1-4H3. The van der Waals surface area contributed by atoms with Gasteiger partial charge in [-0.1, -0.05) is 26.0 Å². The fourth-order valence-electron chi connectivity index (χ4n) is 2.60. The van der Waals surface area contributed by atoms with Crippen LogP contribution in [0.1, 0.15) is 45.6 Å². The molecule has 2 atom stereocenters. The van der Waals surface area contributed by atoms with Gasteiger partial charge in [-0.2, -0.15) is 0 Å². The molecule has 0 aliphatic heterocycles. The molecular formula is C18H31NO2. The lowest BCUT2D eigenvalue weighted by Gasteiger charge is -2.27. The number of hydrogen-bond donors (Lipinski definition) is 1. The van der Waals surface area contributed by atoms with E-state index >= 15 is 0 Å². The van der Waals surface area contributed by atoms with E-state index in [9.17, 15) is 0 Å². The van der Waals surface area contributed by atoms with Gasteiger partial charge in [-0.15, -0.1) is 0 Å². The summed E-state index contributed by atoms with van der Waals surface area (Å²) in [5.41, 5.74) is 1.35. The minimum absolute atomic E-state index is 0.305. The van der Waals surface area contributed by atoms with Gasteiger partial charge in [0.15, 0.2) is 0 Å². The van der Waals surface area contributed by atoms with Crippen LogP contribution >= 0.6 is 0 Å². The van der Waals surface area contributed by atoms with E-state index in [0.717, 1.165) is 44.6 Å². The number of aryl methyl sites for hydroxylation is 1. The van der Waals surface area contributed by atoms with Gasteiger partial charge in [0.25, 0.3) is 0 Å². The van der Waals surface area contributed by atoms with Crippen LogP contribution in [0.2, 0.25) is 0 Å². The second kappa shape index (κ2) is 10.6. The number of methoxy groups -OCH3 is 1. The SMILES string of the molecule is CCCNC(CCc1ccc(OC)cc1)C(CC)OCC. The van der Waals surface area contributed by atoms with Crippen LogP contribution in [0.25, 0.3) is 0 Å². The van der Waals surface area contributed by atoms with Crippen LogP contribution in [0.3, 0.4) is 0 Å². The summed E-state index contributed by atoms with van der Waals surface area (Å²) in [5, 5.41) is 3.65. The molecule has 0 radical (unpaired) electrons. The van der Waals surface area contributed by atoms with Gasteiger partial charge < -0.3 is 14.8 Å². The largest absolute Gasteiger partial charge is 0.497 e. The summed E-state index contributed by atoms with van der Waals surface area (Å²) in [6.45, 7) is 8.31. The van der Waals surface area contributed by atoms with E-state index in [1.807, 2.05) is 12.1 Å². The third-order valence-corrected chi connectivity index (χ3v) is 3.79. The summed E-state index contributed by atoms with van der Waals surface area (Å²) in [6.07, 6.45) is 4.68. The van der Waals surface area contributed by atoms with Gasteiger partial charge >= 0.3 is 0 Å². The molecule has 0 heterocycles. The van der Waals surface area contributed by atoms with Gasteiger partial charge in [-0.3, -0.25) is 0 Å². The van der Waals surface area contributed by atoms with E-state index in [4.69, 9.17) is 9.47 Å². The Hall–Kier alpha value is -1.06. The van der Waals surface area contributed by atoms with Crippen molar-refractivity contribution in [1.29, 1.82) is 0 Å². The second-order valence-electron chi connectivity index (χ2n) is 5.35. The van der Waals surface area contributed by atoms with Gasteiger partial charge in [0, 0.05) is 12.6 Å². The quantitative estimate of drug-likeness (QED) is 0.673. The summed E-state index contributed by atoms with van der Waals surface area (Å²) in [6, 6.07) is 8.79. The summed E-state index contributed by atoms with van der Waals surface area (Å²) in [4.78, 5) is 0. The van der Waals surface area contributed by atoms with Crippen LogP contribution < -0.4 is 10.1 Å². The van der Waals surface area contributed by atoms with Crippen molar-refractivity contribution in [2.45, 2.75) is 58.6 Å². The molecular weight excluding hydrogens is 262 g/mol. The zero-order valence-corrected chi connectivity index (χ0v) is 14.0. The normalized spacial score (nSPS) is 13.9. The predicted molar refractivity (Wildman–Crippen MR) is 89.1 cm³/mol. The first-order chi connectivity index (χ1) is 10.2. The first-order valence-corrected chi connectivity index (χ1v) is 8.23. The Bertz CT molecular complexity index is 364. The minimum Gasteiger partial charge on any atom is -0.497 e. The molecule has 1 N–H and O–H groups in total. The molecule has 3 heteroatoms. The Labute approximate surface area is 130 Å². The lowest BCUT2D eigenvalue weighted by Crippen LogP contribution is -2.42. The average Bonchev–Trinajstić information content (AvgIpc) is 2.53. The average molecular weight is 293 g/mol. The summed E-state index contributed by atoms with van der Waals surface area (Å²) in [7, 11) is 1.70. The Morgan fingerprint density at radius 3 is 2.33 bits per heavy atom. The molecule has 1 aromatic carbocycles. The third kappa shape index (κ3) is 6.49. The fraction of sp³-hybridized carbons (Fsp3) is 0.667. The molecule has 1 aromatic rings. The van der Waals surface area contributed by atoms with Crippen LogP contribution in [0, 0.1) is 0 Å². The Morgan fingerprint density at radius 2 is 1.81 bits per heavy atom. The van der Waals surface area contributed by atoms with E-state index < -0.39 is 0 Å². The third-order valence-electron chi connectivity index (χ3n) is 3.79. The summed E-state index contributed by atoms with van der Waals surface area (Å²) < 4.78 is 11.1. The van der Waals surface area contributed by atoms with Gasteiger partial charge in [0.2, 0.25) is 0 Å². The number of nitrogens with one attached hydrogen (secondary N) is 1. The van der Waals surface area contributed by atoms with Crippen molar-refractivity contribution in [3.63, 3.8) is 0 Å². The maximum Gasteiger partial charge on any atom is 0.118 e. The van der Waals surface area contributed by atoms with Crippen LogP contribution in [0.5, 0.6) is 5.75 Å². The van der Waals surface area contributed by atoms with E-state index in [0.29, 0.717) is 12.1 Å². The minimum atomic E-state index is 0.305.